The number of nitrogens with zero attached hydrogens (tertiary/aromatic N) is 4. The Morgan fingerprint density at radius 1 is 1.29 bits per heavy atom. The number of nitrogen functional groups attached to an aromatic ring is 1. The average molecular weight is 404 g/mol. The molecule has 2 fully saturated rings. The molecule has 9 heteroatoms. The highest BCUT2D eigenvalue weighted by molar-refractivity contribution is 7.99. The summed E-state index contributed by atoms with van der Waals surface area (Å²) in [6, 6.07) is 7.66. The molecule has 2 atom stereocenters. The van der Waals surface area contributed by atoms with Crippen LogP contribution in [0.15, 0.2) is 29.4 Å². The van der Waals surface area contributed by atoms with E-state index < -0.39 is 0 Å². The topological polar surface area (TPSA) is 95.5 Å². The SMILES string of the molecule is COc1ccc(-c2nnc(SCC(=O)N3CCOC4CCCCC43)n2N)cc1. The van der Waals surface area contributed by atoms with Crippen LogP contribution in [0, 0.1) is 0 Å². The van der Waals surface area contributed by atoms with Gasteiger partial charge in [0.15, 0.2) is 5.82 Å². The molecular weight excluding hydrogens is 378 g/mol. The number of hydrogen-bond acceptors (Lipinski definition) is 7. The first kappa shape index (κ1) is 19.1. The fourth-order valence-electron chi connectivity index (χ4n) is 3.93. The van der Waals surface area contributed by atoms with Gasteiger partial charge in [-0.1, -0.05) is 24.6 Å². The molecule has 2 heterocycles. The third-order valence-electron chi connectivity index (χ3n) is 5.39. The largest absolute Gasteiger partial charge is 0.497 e. The van der Waals surface area contributed by atoms with Crippen molar-refractivity contribution in [1.29, 1.82) is 0 Å². The predicted molar refractivity (Wildman–Crippen MR) is 107 cm³/mol. The molecule has 1 amide bonds. The highest BCUT2D eigenvalue weighted by Crippen LogP contribution is 2.29. The lowest BCUT2D eigenvalue weighted by Crippen LogP contribution is -2.55. The van der Waals surface area contributed by atoms with Crippen molar-refractivity contribution < 1.29 is 14.3 Å². The number of amides is 1. The Hall–Kier alpha value is -2.26. The van der Waals surface area contributed by atoms with Crippen LogP contribution in [0.1, 0.15) is 25.7 Å². The number of morpholine rings is 1. The molecule has 28 heavy (non-hydrogen) atoms. The quantitative estimate of drug-likeness (QED) is 0.602. The minimum absolute atomic E-state index is 0.110. The van der Waals surface area contributed by atoms with Gasteiger partial charge in [-0.05, 0) is 37.1 Å². The lowest BCUT2D eigenvalue weighted by molar-refractivity contribution is -0.146. The first-order chi connectivity index (χ1) is 13.7. The Morgan fingerprint density at radius 3 is 2.86 bits per heavy atom. The minimum atomic E-state index is 0.110. The fourth-order valence-corrected chi connectivity index (χ4v) is 4.67. The van der Waals surface area contributed by atoms with E-state index >= 15 is 0 Å². The zero-order valence-electron chi connectivity index (χ0n) is 15.9. The van der Waals surface area contributed by atoms with E-state index in [0.29, 0.717) is 29.9 Å². The van der Waals surface area contributed by atoms with E-state index in [9.17, 15) is 4.79 Å². The molecule has 4 rings (SSSR count). The molecule has 2 unspecified atom stereocenters. The zero-order chi connectivity index (χ0) is 19.5. The second kappa shape index (κ2) is 8.40. The molecule has 0 radical (unpaired) electrons. The summed E-state index contributed by atoms with van der Waals surface area (Å²) in [5, 5.41) is 8.86. The van der Waals surface area contributed by atoms with E-state index in [1.807, 2.05) is 29.2 Å². The molecule has 1 aliphatic carbocycles. The molecule has 2 aliphatic rings. The molecule has 1 aromatic heterocycles. The Balaban J connectivity index is 1.40. The second-order valence-corrected chi connectivity index (χ2v) is 7.98. The van der Waals surface area contributed by atoms with Crippen molar-refractivity contribution in [2.24, 2.45) is 0 Å². The van der Waals surface area contributed by atoms with Gasteiger partial charge in [-0.25, -0.2) is 4.68 Å². The van der Waals surface area contributed by atoms with E-state index in [2.05, 4.69) is 10.2 Å². The van der Waals surface area contributed by atoms with Crippen molar-refractivity contribution in [3.05, 3.63) is 24.3 Å². The van der Waals surface area contributed by atoms with Crippen molar-refractivity contribution in [1.82, 2.24) is 19.8 Å². The van der Waals surface area contributed by atoms with Gasteiger partial charge in [-0.2, -0.15) is 0 Å². The van der Waals surface area contributed by atoms with Crippen molar-refractivity contribution in [2.75, 3.05) is 31.9 Å². The van der Waals surface area contributed by atoms with Crippen molar-refractivity contribution in [3.8, 4) is 17.1 Å². The third kappa shape index (κ3) is 3.81. The summed E-state index contributed by atoms with van der Waals surface area (Å²) < 4.78 is 12.5. The first-order valence-electron chi connectivity index (χ1n) is 9.56. The van der Waals surface area contributed by atoms with Crippen LogP contribution in [0.4, 0.5) is 0 Å². The van der Waals surface area contributed by atoms with Crippen molar-refractivity contribution >= 4 is 17.7 Å². The number of nitrogens with two attached hydrogens (primary N) is 1. The summed E-state index contributed by atoms with van der Waals surface area (Å²) in [7, 11) is 1.62. The molecule has 1 saturated heterocycles. The van der Waals surface area contributed by atoms with E-state index in [4.69, 9.17) is 15.3 Å². The number of hydrogen-bond donors (Lipinski definition) is 1. The fraction of sp³-hybridized carbons (Fsp3) is 0.526. The summed E-state index contributed by atoms with van der Waals surface area (Å²) in [6.45, 7) is 1.28. The van der Waals surface area contributed by atoms with Gasteiger partial charge in [0.25, 0.3) is 0 Å². The number of carbonyl (C=O) groups excluding carboxylic acids is 1. The van der Waals surface area contributed by atoms with Gasteiger partial charge >= 0.3 is 0 Å². The van der Waals surface area contributed by atoms with Crippen LogP contribution in [0.3, 0.4) is 0 Å². The van der Waals surface area contributed by atoms with Gasteiger partial charge in [0, 0.05) is 12.1 Å². The average Bonchev–Trinajstić information content (AvgIpc) is 3.12. The van der Waals surface area contributed by atoms with Crippen LogP contribution >= 0.6 is 11.8 Å². The molecule has 2 aromatic rings. The van der Waals surface area contributed by atoms with Gasteiger partial charge in [0.1, 0.15) is 5.75 Å². The third-order valence-corrected chi connectivity index (χ3v) is 6.32. The lowest BCUT2D eigenvalue weighted by Gasteiger charge is -2.43. The number of ether oxygens (including phenoxy) is 2. The number of rotatable bonds is 5. The van der Waals surface area contributed by atoms with Gasteiger partial charge in [-0.15, -0.1) is 10.2 Å². The Bertz CT molecular complexity index is 823. The van der Waals surface area contributed by atoms with Crippen molar-refractivity contribution in [3.63, 3.8) is 0 Å². The van der Waals surface area contributed by atoms with Crippen LogP contribution in [0.2, 0.25) is 0 Å². The molecular formula is C19H25N5O3S. The Morgan fingerprint density at radius 2 is 2.07 bits per heavy atom. The number of aromatic nitrogens is 3. The second-order valence-electron chi connectivity index (χ2n) is 7.04. The van der Waals surface area contributed by atoms with E-state index in [0.717, 1.165) is 30.6 Å². The summed E-state index contributed by atoms with van der Waals surface area (Å²) in [4.78, 5) is 14.8. The molecule has 1 aliphatic heterocycles. The highest BCUT2D eigenvalue weighted by atomic mass is 32.2. The molecule has 0 spiro atoms. The zero-order valence-corrected chi connectivity index (χ0v) is 16.7. The smallest absolute Gasteiger partial charge is 0.233 e. The molecule has 150 valence electrons. The number of benzene rings is 1. The summed E-state index contributed by atoms with van der Waals surface area (Å²) >= 11 is 1.32. The van der Waals surface area contributed by atoms with Crippen LogP contribution in [0.5, 0.6) is 5.75 Å². The molecule has 2 N–H and O–H groups in total. The van der Waals surface area contributed by atoms with E-state index in [-0.39, 0.29) is 18.1 Å². The van der Waals surface area contributed by atoms with Crippen LogP contribution in [0.25, 0.3) is 11.4 Å². The number of thioether (sulfide) groups is 1. The van der Waals surface area contributed by atoms with Gasteiger partial charge < -0.3 is 20.2 Å². The summed E-state index contributed by atoms with van der Waals surface area (Å²) in [6.07, 6.45) is 4.60. The van der Waals surface area contributed by atoms with Crippen LogP contribution in [-0.4, -0.2) is 63.8 Å². The maximum atomic E-state index is 12.8. The number of fused-ring (bicyclic) bond motifs is 1. The lowest BCUT2D eigenvalue weighted by atomic mass is 9.90. The maximum Gasteiger partial charge on any atom is 0.233 e. The summed E-state index contributed by atoms with van der Waals surface area (Å²) in [5.74, 6) is 7.89. The van der Waals surface area contributed by atoms with Gasteiger partial charge in [0.05, 0.1) is 31.6 Å². The molecule has 0 bridgehead atoms. The maximum absolute atomic E-state index is 12.8. The van der Waals surface area contributed by atoms with E-state index in [1.54, 1.807) is 7.11 Å². The number of methoxy groups -OCH3 is 1. The molecule has 1 saturated carbocycles. The highest BCUT2D eigenvalue weighted by Gasteiger charge is 2.36. The first-order valence-corrected chi connectivity index (χ1v) is 10.5. The Kier molecular flexibility index (Phi) is 5.72. The standard InChI is InChI=1S/C19H25N5O3S/c1-26-14-8-6-13(7-9-14)18-21-22-19(24(18)20)28-12-17(25)23-10-11-27-16-5-3-2-4-15(16)23/h6-9,15-16H,2-5,10-12,20H2,1H3. The van der Waals surface area contributed by atoms with Crippen LogP contribution in [-0.2, 0) is 9.53 Å². The molecule has 8 nitrogen and oxygen atoms in total. The normalized spacial score (nSPS) is 22.0. The molecule has 1 aromatic carbocycles. The van der Waals surface area contributed by atoms with E-state index in [1.165, 1.54) is 22.9 Å². The van der Waals surface area contributed by atoms with Crippen LogP contribution < -0.4 is 10.6 Å². The monoisotopic (exact) mass is 403 g/mol. The minimum Gasteiger partial charge on any atom is -0.497 e. The Labute approximate surface area is 168 Å². The van der Waals surface area contributed by atoms with Gasteiger partial charge in [0.2, 0.25) is 11.1 Å². The number of carbonyl (C=O) groups is 1. The summed E-state index contributed by atoms with van der Waals surface area (Å²) in [5.41, 5.74) is 0.840. The van der Waals surface area contributed by atoms with Crippen molar-refractivity contribution in [2.45, 2.75) is 43.0 Å². The van der Waals surface area contributed by atoms with Gasteiger partial charge in [-0.3, -0.25) is 4.79 Å². The predicted octanol–water partition coefficient (Wildman–Crippen LogP) is 1.93.